The SMILES string of the molecule is CC1(C)c2ccc(-c3cccc(N(c4ccc(-c5cccc6sc7ccccc7c56)cc4)c4cccc(-c5ccccc5)c4)c3)cc2-c2c(-c3ccccc3)cc(-c3ccccc3)cc21. The molecule has 10 aromatic carbocycles. The summed E-state index contributed by atoms with van der Waals surface area (Å²) in [5.74, 6) is 0. The Hall–Kier alpha value is -7.78. The minimum atomic E-state index is -0.172. The molecular formula is C63H45NS. The molecular weight excluding hydrogens is 803 g/mol. The van der Waals surface area contributed by atoms with Crippen LogP contribution in [0.4, 0.5) is 17.1 Å². The normalized spacial score (nSPS) is 12.6. The van der Waals surface area contributed by atoms with Crippen molar-refractivity contribution in [3.05, 3.63) is 248 Å². The zero-order chi connectivity index (χ0) is 43.5. The predicted octanol–water partition coefficient (Wildman–Crippen LogP) is 18.2. The van der Waals surface area contributed by atoms with Crippen molar-refractivity contribution < 1.29 is 0 Å². The summed E-state index contributed by atoms with van der Waals surface area (Å²) in [6.07, 6.45) is 0. The molecule has 0 saturated heterocycles. The molecule has 12 rings (SSSR count). The van der Waals surface area contributed by atoms with Gasteiger partial charge in [0.1, 0.15) is 0 Å². The average molecular weight is 848 g/mol. The Kier molecular flexibility index (Phi) is 9.44. The van der Waals surface area contributed by atoms with Crippen LogP contribution in [-0.4, -0.2) is 0 Å². The number of hydrogen-bond acceptors (Lipinski definition) is 2. The molecule has 65 heavy (non-hydrogen) atoms. The van der Waals surface area contributed by atoms with Crippen molar-refractivity contribution in [3.63, 3.8) is 0 Å². The van der Waals surface area contributed by atoms with Crippen LogP contribution < -0.4 is 4.90 Å². The zero-order valence-electron chi connectivity index (χ0n) is 36.4. The van der Waals surface area contributed by atoms with E-state index in [1.807, 2.05) is 11.3 Å². The summed E-state index contributed by atoms with van der Waals surface area (Å²) < 4.78 is 2.64. The Labute approximate surface area is 385 Å². The Morgan fingerprint density at radius 2 is 0.831 bits per heavy atom. The van der Waals surface area contributed by atoms with E-state index in [4.69, 9.17) is 0 Å². The topological polar surface area (TPSA) is 3.24 Å². The van der Waals surface area contributed by atoms with Gasteiger partial charge < -0.3 is 4.90 Å². The molecule has 1 aliphatic carbocycles. The van der Waals surface area contributed by atoms with E-state index in [9.17, 15) is 0 Å². The van der Waals surface area contributed by atoms with Crippen molar-refractivity contribution in [3.8, 4) is 66.8 Å². The van der Waals surface area contributed by atoms with E-state index in [0.717, 1.165) is 17.1 Å². The number of thiophene rings is 1. The van der Waals surface area contributed by atoms with Gasteiger partial charge in [-0.15, -0.1) is 11.3 Å². The van der Waals surface area contributed by atoms with Crippen LogP contribution in [-0.2, 0) is 5.41 Å². The highest BCUT2D eigenvalue weighted by atomic mass is 32.1. The van der Waals surface area contributed by atoms with Crippen molar-refractivity contribution in [2.75, 3.05) is 4.90 Å². The fraction of sp³-hybridized carbons (Fsp3) is 0.0476. The molecule has 11 aromatic rings. The first-order valence-corrected chi connectivity index (χ1v) is 23.3. The molecule has 0 radical (unpaired) electrons. The number of rotatable bonds is 8. The lowest BCUT2D eigenvalue weighted by Crippen LogP contribution is -2.15. The number of nitrogens with zero attached hydrogens (tertiary/aromatic N) is 1. The van der Waals surface area contributed by atoms with Crippen LogP contribution in [0.5, 0.6) is 0 Å². The van der Waals surface area contributed by atoms with Crippen LogP contribution in [0, 0.1) is 0 Å². The van der Waals surface area contributed by atoms with Crippen molar-refractivity contribution in [1.29, 1.82) is 0 Å². The molecule has 0 aliphatic heterocycles. The molecule has 1 aliphatic rings. The van der Waals surface area contributed by atoms with Crippen molar-refractivity contribution in [1.82, 2.24) is 0 Å². The van der Waals surface area contributed by atoms with Gasteiger partial charge in [0.25, 0.3) is 0 Å². The van der Waals surface area contributed by atoms with Gasteiger partial charge in [-0.25, -0.2) is 0 Å². The van der Waals surface area contributed by atoms with Crippen LogP contribution in [0.1, 0.15) is 25.0 Å². The molecule has 308 valence electrons. The summed E-state index contributed by atoms with van der Waals surface area (Å²) in [6.45, 7) is 4.77. The van der Waals surface area contributed by atoms with Crippen molar-refractivity contribution in [2.45, 2.75) is 19.3 Å². The molecule has 0 N–H and O–H groups in total. The van der Waals surface area contributed by atoms with E-state index >= 15 is 0 Å². The Bertz CT molecular complexity index is 3550. The summed E-state index contributed by atoms with van der Waals surface area (Å²) >= 11 is 1.87. The Morgan fingerprint density at radius 1 is 0.323 bits per heavy atom. The third-order valence-electron chi connectivity index (χ3n) is 13.5. The summed E-state index contributed by atoms with van der Waals surface area (Å²) in [7, 11) is 0. The molecule has 0 unspecified atom stereocenters. The monoisotopic (exact) mass is 847 g/mol. The largest absolute Gasteiger partial charge is 0.310 e. The van der Waals surface area contributed by atoms with E-state index in [1.165, 1.54) is 98.1 Å². The van der Waals surface area contributed by atoms with E-state index in [0.29, 0.717) is 0 Å². The molecule has 0 atom stereocenters. The second kappa shape index (κ2) is 15.8. The molecule has 1 nitrogen and oxygen atoms in total. The number of fused-ring (bicyclic) bond motifs is 6. The van der Waals surface area contributed by atoms with Gasteiger partial charge in [-0.3, -0.25) is 0 Å². The maximum atomic E-state index is 2.45. The van der Waals surface area contributed by atoms with Gasteiger partial charge >= 0.3 is 0 Å². The molecule has 1 heterocycles. The van der Waals surface area contributed by atoms with Crippen LogP contribution in [0.3, 0.4) is 0 Å². The third kappa shape index (κ3) is 6.77. The van der Waals surface area contributed by atoms with Crippen LogP contribution in [0.15, 0.2) is 237 Å². The van der Waals surface area contributed by atoms with Gasteiger partial charge in [0.05, 0.1) is 0 Å². The second-order valence-corrected chi connectivity index (χ2v) is 18.8. The smallest absolute Gasteiger partial charge is 0.0467 e. The highest BCUT2D eigenvalue weighted by Crippen LogP contribution is 2.54. The number of benzene rings is 10. The van der Waals surface area contributed by atoms with Crippen molar-refractivity contribution >= 4 is 48.6 Å². The summed E-state index contributed by atoms with van der Waals surface area (Å²) in [6, 6.07) is 87.0. The van der Waals surface area contributed by atoms with Gasteiger partial charge in [0, 0.05) is 42.6 Å². The summed E-state index contributed by atoms with van der Waals surface area (Å²) in [5, 5.41) is 2.64. The summed E-state index contributed by atoms with van der Waals surface area (Å²) in [4.78, 5) is 2.41. The highest BCUT2D eigenvalue weighted by Gasteiger charge is 2.38. The molecule has 0 spiro atoms. The molecule has 0 bridgehead atoms. The lowest BCUT2D eigenvalue weighted by molar-refractivity contribution is 0.661. The lowest BCUT2D eigenvalue weighted by Gasteiger charge is -2.27. The molecule has 0 fully saturated rings. The molecule has 0 saturated carbocycles. The third-order valence-corrected chi connectivity index (χ3v) is 14.6. The van der Waals surface area contributed by atoms with E-state index in [1.54, 1.807) is 0 Å². The van der Waals surface area contributed by atoms with Gasteiger partial charge in [-0.1, -0.05) is 184 Å². The van der Waals surface area contributed by atoms with Gasteiger partial charge in [-0.05, 0) is 145 Å². The molecule has 1 aromatic heterocycles. The lowest BCUT2D eigenvalue weighted by atomic mass is 9.80. The minimum absolute atomic E-state index is 0.172. The van der Waals surface area contributed by atoms with Gasteiger partial charge in [0.15, 0.2) is 0 Å². The predicted molar refractivity (Wildman–Crippen MR) is 279 cm³/mol. The van der Waals surface area contributed by atoms with Crippen LogP contribution in [0.2, 0.25) is 0 Å². The quantitative estimate of drug-likeness (QED) is 0.147. The van der Waals surface area contributed by atoms with Crippen LogP contribution in [0.25, 0.3) is 86.9 Å². The van der Waals surface area contributed by atoms with Gasteiger partial charge in [0.2, 0.25) is 0 Å². The van der Waals surface area contributed by atoms with Crippen LogP contribution >= 0.6 is 11.3 Å². The first-order valence-electron chi connectivity index (χ1n) is 22.5. The number of anilines is 3. The van der Waals surface area contributed by atoms with Crippen molar-refractivity contribution in [2.24, 2.45) is 0 Å². The maximum absolute atomic E-state index is 2.45. The Balaban J connectivity index is 0.986. The standard InChI is InChI=1S/C63H45NS/c1-63(2)57-36-33-48(39-56(57)61-55(44-21-10-5-11-22-44)40-49(41-58(61)63)43-19-8-4-9-20-43)47-24-15-26-52(38-47)64(51-25-14-23-46(37-51)42-17-6-3-7-18-42)50-34-31-45(32-35-50)53-28-16-30-60-62(53)54-27-12-13-29-59(54)65-60/h3-41H,1-2H3. The first kappa shape index (κ1) is 38.9. The summed E-state index contributed by atoms with van der Waals surface area (Å²) in [5.41, 5.74) is 20.7. The minimum Gasteiger partial charge on any atom is -0.310 e. The first-order chi connectivity index (χ1) is 32.0. The number of hydrogen-bond donors (Lipinski definition) is 0. The van der Waals surface area contributed by atoms with E-state index in [-0.39, 0.29) is 5.41 Å². The fourth-order valence-corrected chi connectivity index (χ4v) is 11.4. The maximum Gasteiger partial charge on any atom is 0.0467 e. The molecule has 2 heteroatoms. The van der Waals surface area contributed by atoms with E-state index in [2.05, 4.69) is 255 Å². The van der Waals surface area contributed by atoms with E-state index < -0.39 is 0 Å². The van der Waals surface area contributed by atoms with Gasteiger partial charge in [-0.2, -0.15) is 0 Å². The molecule has 0 amide bonds. The fourth-order valence-electron chi connectivity index (χ4n) is 10.2. The second-order valence-electron chi connectivity index (χ2n) is 17.7. The average Bonchev–Trinajstić information content (AvgIpc) is 3.86. The zero-order valence-corrected chi connectivity index (χ0v) is 37.2. The highest BCUT2D eigenvalue weighted by molar-refractivity contribution is 7.25. The Morgan fingerprint density at radius 3 is 1.52 bits per heavy atom.